The number of nitro benzene ring substituents is 1. The van der Waals surface area contributed by atoms with E-state index in [4.69, 9.17) is 9.47 Å². The lowest BCUT2D eigenvalue weighted by Gasteiger charge is -2.25. The van der Waals surface area contributed by atoms with Crippen LogP contribution in [0.5, 0.6) is 17.2 Å². The van der Waals surface area contributed by atoms with Gasteiger partial charge in [-0.2, -0.15) is 0 Å². The summed E-state index contributed by atoms with van der Waals surface area (Å²) in [5.41, 5.74) is 1.15. The standard InChI is InChI=1S/C29H24N4O7S/c1-16-24(27(35)31-19-7-5-4-6-8-19)25(17-9-11-21(39-2)12-10-17)32-28(36)23(41-29(32)30-16)14-18-13-20(33(37)38)15-22(40-3)26(18)34/h4-15,25,34H,1-3H3,(H,31,35)/b23-14-/t25-/m0/s1. The minimum absolute atomic E-state index is 0.0278. The number of ether oxygens (including phenoxy) is 2. The van der Waals surface area contributed by atoms with Crippen LogP contribution < -0.4 is 29.7 Å². The van der Waals surface area contributed by atoms with Gasteiger partial charge in [-0.15, -0.1) is 0 Å². The third-order valence-corrected chi connectivity index (χ3v) is 7.52. The van der Waals surface area contributed by atoms with E-state index in [0.717, 1.165) is 23.5 Å². The average molecular weight is 573 g/mol. The molecular weight excluding hydrogens is 548 g/mol. The quantitative estimate of drug-likeness (QED) is 0.255. The van der Waals surface area contributed by atoms with E-state index < -0.39 is 22.4 Å². The Labute approximate surface area is 237 Å². The number of nitrogens with zero attached hydrogens (tertiary/aromatic N) is 3. The van der Waals surface area contributed by atoms with Crippen molar-refractivity contribution in [3.63, 3.8) is 0 Å². The Morgan fingerprint density at radius 3 is 2.46 bits per heavy atom. The summed E-state index contributed by atoms with van der Waals surface area (Å²) in [5.74, 6) is -0.277. The number of benzene rings is 3. The molecule has 0 fully saturated rings. The van der Waals surface area contributed by atoms with Crippen LogP contribution in [0, 0.1) is 10.1 Å². The molecule has 12 heteroatoms. The van der Waals surface area contributed by atoms with Crippen molar-refractivity contribution in [3.05, 3.63) is 119 Å². The molecule has 2 N–H and O–H groups in total. The van der Waals surface area contributed by atoms with Gasteiger partial charge in [0, 0.05) is 17.3 Å². The Hall–Kier alpha value is -5.23. The number of para-hydroxylation sites is 1. The molecule has 1 aliphatic rings. The first-order chi connectivity index (χ1) is 19.7. The van der Waals surface area contributed by atoms with Crippen LogP contribution in [0.3, 0.4) is 0 Å². The second kappa shape index (κ2) is 11.1. The summed E-state index contributed by atoms with van der Waals surface area (Å²) >= 11 is 1.04. The molecule has 3 aromatic carbocycles. The number of methoxy groups -OCH3 is 2. The third kappa shape index (κ3) is 5.20. The smallest absolute Gasteiger partial charge is 0.274 e. The van der Waals surface area contributed by atoms with Gasteiger partial charge in [-0.25, -0.2) is 4.99 Å². The lowest BCUT2D eigenvalue weighted by molar-refractivity contribution is -0.385. The summed E-state index contributed by atoms with van der Waals surface area (Å²) in [6, 6.07) is 17.4. The zero-order valence-corrected chi connectivity index (χ0v) is 23.0. The van der Waals surface area contributed by atoms with E-state index in [1.807, 2.05) is 6.07 Å². The fraction of sp³-hybridized carbons (Fsp3) is 0.138. The topological polar surface area (TPSA) is 145 Å². The maximum atomic E-state index is 13.9. The average Bonchev–Trinajstić information content (AvgIpc) is 3.27. The first kappa shape index (κ1) is 27.3. The van der Waals surface area contributed by atoms with Gasteiger partial charge in [0.2, 0.25) is 0 Å². The molecule has 5 rings (SSSR count). The predicted molar refractivity (Wildman–Crippen MR) is 153 cm³/mol. The normalized spacial score (nSPS) is 14.7. The van der Waals surface area contributed by atoms with Crippen molar-refractivity contribution in [2.45, 2.75) is 13.0 Å². The number of hydrogen-bond donors (Lipinski definition) is 2. The van der Waals surface area contributed by atoms with Gasteiger partial charge in [0.1, 0.15) is 5.75 Å². The number of anilines is 1. The molecule has 4 aromatic rings. The number of nitro groups is 1. The summed E-state index contributed by atoms with van der Waals surface area (Å²) in [6.07, 6.45) is 1.35. The number of thiazole rings is 1. The maximum absolute atomic E-state index is 13.9. The molecule has 0 aliphatic carbocycles. The van der Waals surface area contributed by atoms with Crippen LogP contribution in [0.15, 0.2) is 87.8 Å². The summed E-state index contributed by atoms with van der Waals surface area (Å²) < 4.78 is 11.9. The van der Waals surface area contributed by atoms with Crippen molar-refractivity contribution >= 4 is 34.7 Å². The van der Waals surface area contributed by atoms with E-state index in [0.29, 0.717) is 27.5 Å². The number of nitrogens with one attached hydrogen (secondary N) is 1. The zero-order valence-electron chi connectivity index (χ0n) is 22.2. The molecule has 1 atom stereocenters. The van der Waals surface area contributed by atoms with Gasteiger partial charge in [-0.3, -0.25) is 24.3 Å². The van der Waals surface area contributed by atoms with Crippen molar-refractivity contribution in [3.8, 4) is 17.2 Å². The lowest BCUT2D eigenvalue weighted by atomic mass is 9.95. The number of phenols is 1. The van der Waals surface area contributed by atoms with Crippen LogP contribution in [0.25, 0.3) is 6.08 Å². The Balaban J connectivity index is 1.70. The molecule has 1 aliphatic heterocycles. The zero-order chi connectivity index (χ0) is 29.3. The van der Waals surface area contributed by atoms with Crippen molar-refractivity contribution < 1.29 is 24.3 Å². The molecule has 0 saturated carbocycles. The van der Waals surface area contributed by atoms with Crippen molar-refractivity contribution in [1.29, 1.82) is 0 Å². The van der Waals surface area contributed by atoms with Crippen molar-refractivity contribution in [2.75, 3.05) is 19.5 Å². The number of fused-ring (bicyclic) bond motifs is 1. The highest BCUT2D eigenvalue weighted by Gasteiger charge is 2.32. The molecule has 0 radical (unpaired) electrons. The van der Waals surface area contributed by atoms with Gasteiger partial charge >= 0.3 is 0 Å². The number of non-ortho nitro benzene ring substituents is 1. The van der Waals surface area contributed by atoms with E-state index in [-0.39, 0.29) is 32.9 Å². The highest BCUT2D eigenvalue weighted by Crippen LogP contribution is 2.35. The molecule has 41 heavy (non-hydrogen) atoms. The number of allylic oxidation sites excluding steroid dienone is 1. The van der Waals surface area contributed by atoms with Crippen molar-refractivity contribution in [2.24, 2.45) is 4.99 Å². The van der Waals surface area contributed by atoms with Crippen LogP contribution in [0.2, 0.25) is 0 Å². The monoisotopic (exact) mass is 572 g/mol. The molecule has 0 saturated heterocycles. The van der Waals surface area contributed by atoms with E-state index in [9.17, 15) is 24.8 Å². The SMILES string of the molecule is COc1ccc([C@H]2C(C(=O)Nc3ccccc3)=C(C)N=c3s/c(=C\c4cc([N+](=O)[O-])cc(OC)c4O)c(=O)n32)cc1. The molecule has 0 spiro atoms. The summed E-state index contributed by atoms with van der Waals surface area (Å²) in [6.45, 7) is 1.70. The summed E-state index contributed by atoms with van der Waals surface area (Å²) in [7, 11) is 2.81. The number of phenolic OH excluding ortho intramolecular Hbond substituents is 1. The fourth-order valence-corrected chi connectivity index (χ4v) is 5.60. The van der Waals surface area contributed by atoms with E-state index in [1.54, 1.807) is 62.6 Å². The Morgan fingerprint density at radius 2 is 1.83 bits per heavy atom. The first-order valence-electron chi connectivity index (χ1n) is 12.3. The molecule has 208 valence electrons. The number of carbonyl (C=O) groups is 1. The van der Waals surface area contributed by atoms with Crippen LogP contribution in [-0.2, 0) is 4.79 Å². The van der Waals surface area contributed by atoms with Crippen LogP contribution in [0.4, 0.5) is 11.4 Å². The van der Waals surface area contributed by atoms with E-state index >= 15 is 0 Å². The molecule has 1 amide bonds. The van der Waals surface area contributed by atoms with Crippen LogP contribution in [-0.4, -0.2) is 34.7 Å². The largest absolute Gasteiger partial charge is 0.504 e. The van der Waals surface area contributed by atoms with Gasteiger partial charge in [0.25, 0.3) is 17.2 Å². The maximum Gasteiger partial charge on any atom is 0.274 e. The van der Waals surface area contributed by atoms with Crippen LogP contribution in [0.1, 0.15) is 24.1 Å². The minimum Gasteiger partial charge on any atom is -0.504 e. The van der Waals surface area contributed by atoms with Gasteiger partial charge in [-0.1, -0.05) is 41.7 Å². The molecule has 2 heterocycles. The fourth-order valence-electron chi connectivity index (χ4n) is 4.56. The predicted octanol–water partition coefficient (Wildman–Crippen LogP) is 3.50. The van der Waals surface area contributed by atoms with Gasteiger partial charge in [0.15, 0.2) is 16.3 Å². The molecule has 0 bridgehead atoms. The summed E-state index contributed by atoms with van der Waals surface area (Å²) in [5, 5.41) is 25.0. The lowest BCUT2D eigenvalue weighted by Crippen LogP contribution is -2.40. The van der Waals surface area contributed by atoms with Gasteiger partial charge in [0.05, 0.1) is 47.1 Å². The number of amides is 1. The number of rotatable bonds is 7. The van der Waals surface area contributed by atoms with Crippen molar-refractivity contribution in [1.82, 2.24) is 4.57 Å². The van der Waals surface area contributed by atoms with E-state index in [1.165, 1.54) is 17.8 Å². The third-order valence-electron chi connectivity index (χ3n) is 6.54. The Bertz CT molecular complexity index is 1880. The number of aromatic nitrogens is 1. The highest BCUT2D eigenvalue weighted by atomic mass is 32.1. The highest BCUT2D eigenvalue weighted by molar-refractivity contribution is 7.07. The molecule has 0 unspecified atom stereocenters. The first-order valence-corrected chi connectivity index (χ1v) is 13.1. The second-order valence-corrected chi connectivity index (χ2v) is 10.0. The second-order valence-electron chi connectivity index (χ2n) is 9.02. The number of carbonyl (C=O) groups excluding carboxylic acids is 1. The summed E-state index contributed by atoms with van der Waals surface area (Å²) in [4.78, 5) is 43.3. The minimum atomic E-state index is -0.837. The van der Waals surface area contributed by atoms with Gasteiger partial charge < -0.3 is 19.9 Å². The Morgan fingerprint density at radius 1 is 1.12 bits per heavy atom. The number of hydrogen-bond acceptors (Lipinski definition) is 9. The molecule has 11 nitrogen and oxygen atoms in total. The van der Waals surface area contributed by atoms with E-state index in [2.05, 4.69) is 10.3 Å². The number of aromatic hydroxyl groups is 1. The molecular formula is C29H24N4O7S. The molecule has 1 aromatic heterocycles. The van der Waals surface area contributed by atoms with Crippen LogP contribution >= 0.6 is 11.3 Å². The Kier molecular flexibility index (Phi) is 7.40. The van der Waals surface area contributed by atoms with Gasteiger partial charge in [-0.05, 0) is 42.8 Å².